The lowest BCUT2D eigenvalue weighted by Crippen LogP contribution is -2.44. The van der Waals surface area contributed by atoms with Gasteiger partial charge in [0.15, 0.2) is 0 Å². The van der Waals surface area contributed by atoms with Crippen LogP contribution in [0.4, 0.5) is 0 Å². The maximum Gasteiger partial charge on any atom is 0.530 e. The molecule has 0 unspecified atom stereocenters. The molecule has 0 N–H and O–H groups in total. The standard InChI is InChI=1S/C21H33ClO5SSi/c1-7-25-29(26-8-2,27-9-3)16-19(14-15-24-20(23)21(4,5)6)28-18-12-10-17(22)11-13-18/h10-13,16H,7-9,14-15H2,1-6H3/b19-16-. The maximum absolute atomic E-state index is 12.1. The minimum Gasteiger partial charge on any atom is -0.465 e. The fourth-order valence-corrected chi connectivity index (χ4v) is 6.12. The molecular formula is C21H33ClO5SSi. The number of rotatable bonds is 12. The van der Waals surface area contributed by atoms with E-state index in [9.17, 15) is 4.79 Å². The lowest BCUT2D eigenvalue weighted by atomic mass is 9.97. The summed E-state index contributed by atoms with van der Waals surface area (Å²) in [5.74, 6) is -0.226. The predicted octanol–water partition coefficient (Wildman–Crippen LogP) is 5.88. The van der Waals surface area contributed by atoms with Crippen molar-refractivity contribution in [1.29, 1.82) is 0 Å². The van der Waals surface area contributed by atoms with Crippen LogP contribution in [0.5, 0.6) is 0 Å². The Hall–Kier alpha value is -0.833. The topological polar surface area (TPSA) is 54.0 Å². The fraction of sp³-hybridized carbons (Fsp3) is 0.571. The van der Waals surface area contributed by atoms with Crippen LogP contribution in [0, 0.1) is 5.41 Å². The molecule has 0 radical (unpaired) electrons. The van der Waals surface area contributed by atoms with Crippen molar-refractivity contribution in [3.8, 4) is 0 Å². The van der Waals surface area contributed by atoms with E-state index < -0.39 is 14.2 Å². The number of thioether (sulfide) groups is 1. The molecule has 0 saturated carbocycles. The van der Waals surface area contributed by atoms with Crippen molar-refractivity contribution in [2.45, 2.75) is 52.9 Å². The van der Waals surface area contributed by atoms with E-state index in [2.05, 4.69) is 0 Å². The summed E-state index contributed by atoms with van der Waals surface area (Å²) in [6, 6.07) is 7.60. The zero-order chi connectivity index (χ0) is 21.9. The molecule has 8 heteroatoms. The predicted molar refractivity (Wildman–Crippen MR) is 121 cm³/mol. The lowest BCUT2D eigenvalue weighted by molar-refractivity contribution is -0.152. The Bertz CT molecular complexity index is 641. The molecule has 0 heterocycles. The summed E-state index contributed by atoms with van der Waals surface area (Å²) in [6.07, 6.45) is 0.539. The van der Waals surface area contributed by atoms with Crippen LogP contribution in [-0.2, 0) is 22.8 Å². The average molecular weight is 461 g/mol. The van der Waals surface area contributed by atoms with Crippen molar-refractivity contribution in [3.05, 3.63) is 39.9 Å². The van der Waals surface area contributed by atoms with Crippen molar-refractivity contribution in [1.82, 2.24) is 0 Å². The average Bonchev–Trinajstić information content (AvgIpc) is 2.63. The Kier molecular flexibility index (Phi) is 11.5. The first-order valence-electron chi connectivity index (χ1n) is 9.90. The summed E-state index contributed by atoms with van der Waals surface area (Å²) in [7, 11) is -2.99. The van der Waals surface area contributed by atoms with Crippen LogP contribution in [0.3, 0.4) is 0 Å². The Morgan fingerprint density at radius 1 is 1.03 bits per heavy atom. The van der Waals surface area contributed by atoms with Crippen molar-refractivity contribution < 1.29 is 22.8 Å². The highest BCUT2D eigenvalue weighted by Gasteiger charge is 2.39. The minimum absolute atomic E-state index is 0.226. The molecule has 1 aromatic rings. The molecule has 0 aromatic heterocycles. The van der Waals surface area contributed by atoms with Crippen LogP contribution in [0.2, 0.25) is 5.02 Å². The van der Waals surface area contributed by atoms with Gasteiger partial charge in [-0.15, -0.1) is 0 Å². The SMILES string of the molecule is CCO[Si](/C=C(/CCOC(=O)C(C)(C)C)Sc1ccc(Cl)cc1)(OCC)OCC. The molecule has 1 rings (SSSR count). The van der Waals surface area contributed by atoms with Gasteiger partial charge in [-0.1, -0.05) is 23.4 Å². The number of hydrogen-bond acceptors (Lipinski definition) is 6. The van der Waals surface area contributed by atoms with Gasteiger partial charge in [0.05, 0.1) is 12.0 Å². The Morgan fingerprint density at radius 2 is 1.55 bits per heavy atom. The number of esters is 1. The van der Waals surface area contributed by atoms with Gasteiger partial charge in [-0.2, -0.15) is 0 Å². The van der Waals surface area contributed by atoms with Crippen molar-refractivity contribution in [3.63, 3.8) is 0 Å². The van der Waals surface area contributed by atoms with Crippen LogP contribution in [0.25, 0.3) is 0 Å². The maximum atomic E-state index is 12.1. The van der Waals surface area contributed by atoms with E-state index in [1.807, 2.05) is 71.5 Å². The van der Waals surface area contributed by atoms with Crippen molar-refractivity contribution in [2.75, 3.05) is 26.4 Å². The van der Waals surface area contributed by atoms with E-state index in [4.69, 9.17) is 29.6 Å². The van der Waals surface area contributed by atoms with Gasteiger partial charge in [0.25, 0.3) is 0 Å². The summed E-state index contributed by atoms with van der Waals surface area (Å²) < 4.78 is 23.3. The first-order valence-corrected chi connectivity index (χ1v) is 12.9. The Labute approximate surface area is 185 Å². The molecular weight excluding hydrogens is 428 g/mol. The molecule has 0 amide bonds. The van der Waals surface area contributed by atoms with E-state index in [-0.39, 0.29) is 12.6 Å². The highest BCUT2D eigenvalue weighted by molar-refractivity contribution is 8.03. The number of ether oxygens (including phenoxy) is 1. The van der Waals surface area contributed by atoms with Crippen molar-refractivity contribution >= 4 is 38.1 Å². The summed E-state index contributed by atoms with van der Waals surface area (Å²) in [4.78, 5) is 14.1. The quantitative estimate of drug-likeness (QED) is 0.220. The van der Waals surface area contributed by atoms with Gasteiger partial charge >= 0.3 is 14.8 Å². The lowest BCUT2D eigenvalue weighted by Gasteiger charge is -2.26. The van der Waals surface area contributed by atoms with Crippen LogP contribution < -0.4 is 0 Å². The minimum atomic E-state index is -2.99. The molecule has 29 heavy (non-hydrogen) atoms. The highest BCUT2D eigenvalue weighted by atomic mass is 35.5. The second kappa shape index (κ2) is 12.8. The van der Waals surface area contributed by atoms with Gasteiger partial charge in [0.2, 0.25) is 0 Å². The second-order valence-corrected chi connectivity index (χ2v) is 11.2. The molecule has 0 aliphatic heterocycles. The van der Waals surface area contributed by atoms with E-state index in [1.165, 1.54) is 0 Å². The number of carbonyl (C=O) groups is 1. The molecule has 0 spiro atoms. The number of benzene rings is 1. The Morgan fingerprint density at radius 3 is 2.00 bits per heavy atom. The molecule has 0 fully saturated rings. The first-order chi connectivity index (χ1) is 13.7. The van der Waals surface area contributed by atoms with Gasteiger partial charge in [0, 0.05) is 36.2 Å². The number of halogens is 1. The van der Waals surface area contributed by atoms with Gasteiger partial charge in [-0.25, -0.2) is 0 Å². The monoisotopic (exact) mass is 460 g/mol. The molecule has 0 atom stereocenters. The molecule has 0 saturated heterocycles. The summed E-state index contributed by atoms with van der Waals surface area (Å²) in [6.45, 7) is 13.0. The molecule has 0 bridgehead atoms. The third-order valence-electron chi connectivity index (χ3n) is 3.63. The molecule has 5 nitrogen and oxygen atoms in total. The first kappa shape index (κ1) is 26.2. The van der Waals surface area contributed by atoms with E-state index in [0.29, 0.717) is 31.3 Å². The zero-order valence-electron chi connectivity index (χ0n) is 18.2. The second-order valence-electron chi connectivity index (χ2n) is 7.21. The van der Waals surface area contributed by atoms with Crippen LogP contribution in [0.1, 0.15) is 48.0 Å². The summed E-state index contributed by atoms with van der Waals surface area (Å²) in [5, 5.41) is 0.681. The summed E-state index contributed by atoms with van der Waals surface area (Å²) >= 11 is 7.57. The van der Waals surface area contributed by atoms with Gasteiger partial charge < -0.3 is 18.0 Å². The number of carbonyl (C=O) groups excluding carboxylic acids is 1. The van der Waals surface area contributed by atoms with Gasteiger partial charge in [-0.05, 0) is 76.4 Å². The van der Waals surface area contributed by atoms with Crippen LogP contribution in [-0.4, -0.2) is 41.2 Å². The van der Waals surface area contributed by atoms with Crippen LogP contribution >= 0.6 is 23.4 Å². The van der Waals surface area contributed by atoms with Crippen LogP contribution in [0.15, 0.2) is 39.8 Å². The largest absolute Gasteiger partial charge is 0.530 e. The molecule has 164 valence electrons. The van der Waals surface area contributed by atoms with Gasteiger partial charge in [0.1, 0.15) is 0 Å². The Balaban J connectivity index is 3.09. The third kappa shape index (κ3) is 9.68. The number of hydrogen-bond donors (Lipinski definition) is 0. The zero-order valence-corrected chi connectivity index (χ0v) is 20.8. The van der Waals surface area contributed by atoms with E-state index >= 15 is 0 Å². The van der Waals surface area contributed by atoms with E-state index in [0.717, 1.165) is 9.80 Å². The fourth-order valence-electron chi connectivity index (χ4n) is 2.32. The molecule has 1 aromatic carbocycles. The smallest absolute Gasteiger partial charge is 0.465 e. The van der Waals surface area contributed by atoms with E-state index in [1.54, 1.807) is 11.8 Å². The highest BCUT2D eigenvalue weighted by Crippen LogP contribution is 2.32. The van der Waals surface area contributed by atoms with Gasteiger partial charge in [-0.3, -0.25) is 4.79 Å². The molecule has 0 aliphatic carbocycles. The normalized spacial score (nSPS) is 12.9. The third-order valence-corrected chi connectivity index (χ3v) is 7.96. The molecule has 0 aliphatic rings. The summed E-state index contributed by atoms with van der Waals surface area (Å²) in [5.41, 5.74) is 1.43. The van der Waals surface area contributed by atoms with Crippen molar-refractivity contribution in [2.24, 2.45) is 5.41 Å².